The van der Waals surface area contributed by atoms with Gasteiger partial charge in [0.1, 0.15) is 5.75 Å². The summed E-state index contributed by atoms with van der Waals surface area (Å²) >= 11 is 0. The molecule has 1 fully saturated rings. The monoisotopic (exact) mass is 248 g/mol. The smallest absolute Gasteiger partial charge is 0.224 e. The Bertz CT molecular complexity index is 426. The van der Waals surface area contributed by atoms with Gasteiger partial charge in [0.05, 0.1) is 12.8 Å². The van der Waals surface area contributed by atoms with Gasteiger partial charge in [-0.1, -0.05) is 6.92 Å². The lowest BCUT2D eigenvalue weighted by Crippen LogP contribution is -2.19. The van der Waals surface area contributed by atoms with Gasteiger partial charge in [-0.25, -0.2) is 0 Å². The summed E-state index contributed by atoms with van der Waals surface area (Å²) in [6.07, 6.45) is 2.93. The minimum atomic E-state index is 0.0348. The number of anilines is 2. The van der Waals surface area contributed by atoms with Crippen LogP contribution in [0.25, 0.3) is 0 Å². The van der Waals surface area contributed by atoms with Crippen molar-refractivity contribution >= 4 is 17.3 Å². The van der Waals surface area contributed by atoms with Crippen LogP contribution < -0.4 is 15.0 Å². The summed E-state index contributed by atoms with van der Waals surface area (Å²) in [5.74, 6) is 0.902. The number of nitrogens with zero attached hydrogens (tertiary/aromatic N) is 1. The van der Waals surface area contributed by atoms with Crippen molar-refractivity contribution in [3.05, 3.63) is 18.2 Å². The molecule has 1 heterocycles. The number of hydrogen-bond acceptors (Lipinski definition) is 3. The number of carbonyl (C=O) groups excluding carboxylic acids is 1. The lowest BCUT2D eigenvalue weighted by molar-refractivity contribution is -0.115. The van der Waals surface area contributed by atoms with Crippen LogP contribution in [-0.2, 0) is 4.79 Å². The van der Waals surface area contributed by atoms with Crippen LogP contribution in [-0.4, -0.2) is 26.1 Å². The van der Waals surface area contributed by atoms with Crippen LogP contribution in [0, 0.1) is 0 Å². The maximum absolute atomic E-state index is 11.4. The van der Waals surface area contributed by atoms with Crippen molar-refractivity contribution in [2.45, 2.75) is 26.2 Å². The molecule has 0 radical (unpaired) electrons. The van der Waals surface area contributed by atoms with E-state index in [1.807, 2.05) is 25.1 Å². The van der Waals surface area contributed by atoms with Crippen molar-refractivity contribution in [1.29, 1.82) is 0 Å². The number of amides is 1. The van der Waals surface area contributed by atoms with E-state index in [9.17, 15) is 4.79 Å². The Morgan fingerprint density at radius 1 is 1.39 bits per heavy atom. The molecule has 18 heavy (non-hydrogen) atoms. The molecule has 0 aliphatic carbocycles. The van der Waals surface area contributed by atoms with E-state index in [-0.39, 0.29) is 5.91 Å². The number of carbonyl (C=O) groups is 1. The zero-order valence-corrected chi connectivity index (χ0v) is 11.0. The first-order valence-corrected chi connectivity index (χ1v) is 6.47. The van der Waals surface area contributed by atoms with Crippen molar-refractivity contribution < 1.29 is 9.53 Å². The van der Waals surface area contributed by atoms with Gasteiger partial charge in [-0.2, -0.15) is 0 Å². The number of rotatable bonds is 4. The predicted molar refractivity (Wildman–Crippen MR) is 73.4 cm³/mol. The third-order valence-electron chi connectivity index (χ3n) is 3.23. The molecular weight excluding hydrogens is 228 g/mol. The summed E-state index contributed by atoms with van der Waals surface area (Å²) in [6.45, 7) is 3.96. The van der Waals surface area contributed by atoms with Gasteiger partial charge in [0.25, 0.3) is 0 Å². The number of ether oxygens (including phenoxy) is 1. The molecule has 0 atom stereocenters. The summed E-state index contributed by atoms with van der Waals surface area (Å²) in [5, 5.41) is 2.89. The number of benzene rings is 1. The average molecular weight is 248 g/mol. The predicted octanol–water partition coefficient (Wildman–Crippen LogP) is 2.64. The molecule has 0 saturated carbocycles. The largest absolute Gasteiger partial charge is 0.495 e. The van der Waals surface area contributed by atoms with Crippen molar-refractivity contribution in [3.8, 4) is 5.75 Å². The standard InChI is InChI=1S/C14H20N2O2/c1-3-14(17)15-11-6-7-13(18-2)12(10-11)16-8-4-5-9-16/h6-7,10H,3-5,8-9H2,1-2H3,(H,15,17). The van der Waals surface area contributed by atoms with E-state index in [0.717, 1.165) is 30.2 Å². The summed E-state index contributed by atoms with van der Waals surface area (Å²) in [4.78, 5) is 13.7. The fraction of sp³-hybridized carbons (Fsp3) is 0.500. The van der Waals surface area contributed by atoms with E-state index in [4.69, 9.17) is 4.74 Å². The molecule has 2 rings (SSSR count). The molecule has 1 aliphatic heterocycles. The van der Waals surface area contributed by atoms with Crippen LogP contribution in [0.15, 0.2) is 18.2 Å². The molecule has 0 aromatic heterocycles. The van der Waals surface area contributed by atoms with Crippen LogP contribution in [0.3, 0.4) is 0 Å². The van der Waals surface area contributed by atoms with E-state index in [1.165, 1.54) is 12.8 Å². The zero-order chi connectivity index (χ0) is 13.0. The van der Waals surface area contributed by atoms with Gasteiger partial charge in [-0.05, 0) is 31.0 Å². The molecule has 1 aromatic carbocycles. The first-order chi connectivity index (χ1) is 8.74. The molecule has 1 aromatic rings. The Labute approximate surface area is 108 Å². The topological polar surface area (TPSA) is 41.6 Å². The second-order valence-corrected chi connectivity index (χ2v) is 4.48. The Balaban J connectivity index is 2.23. The highest BCUT2D eigenvalue weighted by Gasteiger charge is 2.17. The second-order valence-electron chi connectivity index (χ2n) is 4.48. The van der Waals surface area contributed by atoms with Gasteiger partial charge in [0.15, 0.2) is 0 Å². The van der Waals surface area contributed by atoms with E-state index in [1.54, 1.807) is 7.11 Å². The van der Waals surface area contributed by atoms with Crippen molar-refractivity contribution in [3.63, 3.8) is 0 Å². The molecule has 1 amide bonds. The van der Waals surface area contributed by atoms with E-state index in [0.29, 0.717) is 6.42 Å². The number of nitrogens with one attached hydrogen (secondary N) is 1. The van der Waals surface area contributed by atoms with Gasteiger partial charge in [-0.3, -0.25) is 4.79 Å². The molecule has 4 nitrogen and oxygen atoms in total. The maximum Gasteiger partial charge on any atom is 0.224 e. The summed E-state index contributed by atoms with van der Waals surface area (Å²) in [5.41, 5.74) is 1.91. The van der Waals surface area contributed by atoms with Crippen molar-refractivity contribution in [2.75, 3.05) is 30.4 Å². The van der Waals surface area contributed by atoms with E-state index < -0.39 is 0 Å². The third kappa shape index (κ3) is 2.75. The zero-order valence-electron chi connectivity index (χ0n) is 11.0. The maximum atomic E-state index is 11.4. The summed E-state index contributed by atoms with van der Waals surface area (Å²) in [6, 6.07) is 5.79. The molecular formula is C14H20N2O2. The lowest BCUT2D eigenvalue weighted by atomic mass is 10.2. The molecule has 0 spiro atoms. The lowest BCUT2D eigenvalue weighted by Gasteiger charge is -2.21. The van der Waals surface area contributed by atoms with E-state index in [2.05, 4.69) is 10.2 Å². The highest BCUT2D eigenvalue weighted by Crippen LogP contribution is 2.33. The normalized spacial score (nSPS) is 14.7. The number of methoxy groups -OCH3 is 1. The van der Waals surface area contributed by atoms with Crippen molar-refractivity contribution in [2.24, 2.45) is 0 Å². The molecule has 1 aliphatic rings. The van der Waals surface area contributed by atoms with Crippen LogP contribution in [0.5, 0.6) is 5.75 Å². The highest BCUT2D eigenvalue weighted by molar-refractivity contribution is 5.91. The number of hydrogen-bond donors (Lipinski definition) is 1. The molecule has 0 unspecified atom stereocenters. The highest BCUT2D eigenvalue weighted by atomic mass is 16.5. The minimum Gasteiger partial charge on any atom is -0.495 e. The van der Waals surface area contributed by atoms with Crippen molar-refractivity contribution in [1.82, 2.24) is 0 Å². The van der Waals surface area contributed by atoms with Crippen LogP contribution in [0.1, 0.15) is 26.2 Å². The fourth-order valence-electron chi connectivity index (χ4n) is 2.22. The molecule has 1 saturated heterocycles. The Morgan fingerprint density at radius 2 is 2.11 bits per heavy atom. The van der Waals surface area contributed by atoms with Gasteiger partial charge in [-0.15, -0.1) is 0 Å². The quantitative estimate of drug-likeness (QED) is 0.890. The molecule has 0 bridgehead atoms. The van der Waals surface area contributed by atoms with Crippen LogP contribution in [0.4, 0.5) is 11.4 Å². The summed E-state index contributed by atoms with van der Waals surface area (Å²) in [7, 11) is 1.68. The first-order valence-electron chi connectivity index (χ1n) is 6.47. The molecule has 1 N–H and O–H groups in total. The van der Waals surface area contributed by atoms with E-state index >= 15 is 0 Å². The van der Waals surface area contributed by atoms with Gasteiger partial charge >= 0.3 is 0 Å². The van der Waals surface area contributed by atoms with Crippen LogP contribution in [0.2, 0.25) is 0 Å². The first kappa shape index (κ1) is 12.7. The van der Waals surface area contributed by atoms with Gasteiger partial charge in [0, 0.05) is 25.2 Å². The Kier molecular flexibility index (Phi) is 4.07. The molecule has 4 heteroatoms. The molecule has 98 valence electrons. The minimum absolute atomic E-state index is 0.0348. The second kappa shape index (κ2) is 5.76. The SMILES string of the molecule is CCC(=O)Nc1ccc(OC)c(N2CCCC2)c1. The Hall–Kier alpha value is -1.71. The van der Waals surface area contributed by atoms with Crippen LogP contribution >= 0.6 is 0 Å². The van der Waals surface area contributed by atoms with Gasteiger partial charge in [0.2, 0.25) is 5.91 Å². The van der Waals surface area contributed by atoms with Gasteiger partial charge < -0.3 is 15.0 Å². The fourth-order valence-corrected chi connectivity index (χ4v) is 2.22. The third-order valence-corrected chi connectivity index (χ3v) is 3.23. The Morgan fingerprint density at radius 3 is 2.72 bits per heavy atom. The summed E-state index contributed by atoms with van der Waals surface area (Å²) < 4.78 is 5.39. The average Bonchev–Trinajstić information content (AvgIpc) is 2.92.